The van der Waals surface area contributed by atoms with Crippen molar-refractivity contribution in [1.82, 2.24) is 20.2 Å². The number of fused-ring (bicyclic) bond motifs is 1. The molecule has 2 heterocycles. The summed E-state index contributed by atoms with van der Waals surface area (Å²) in [7, 11) is 1.63. The van der Waals surface area contributed by atoms with Gasteiger partial charge in [0.2, 0.25) is 5.91 Å². The van der Waals surface area contributed by atoms with E-state index in [4.69, 9.17) is 0 Å². The Kier molecular flexibility index (Phi) is 5.66. The van der Waals surface area contributed by atoms with Crippen LogP contribution in [0.25, 0.3) is 10.2 Å². The zero-order chi connectivity index (χ0) is 18.0. The number of urea groups is 1. The fourth-order valence-electron chi connectivity index (χ4n) is 2.08. The molecule has 0 atom stereocenters. The van der Waals surface area contributed by atoms with Gasteiger partial charge in [0.05, 0.1) is 11.1 Å². The normalized spacial score (nSPS) is 11.1. The van der Waals surface area contributed by atoms with Gasteiger partial charge in [0.25, 0.3) is 5.56 Å². The molecule has 0 unspecified atom stereocenters. The monoisotopic (exact) mass is 368 g/mol. The average Bonchev–Trinajstić information content (AvgIpc) is 2.75. The number of rotatable bonds is 4. The highest BCUT2D eigenvalue weighted by molar-refractivity contribution is 7.99. The molecule has 0 saturated carbocycles. The van der Waals surface area contributed by atoms with Gasteiger partial charge in [0.15, 0.2) is 5.16 Å². The molecule has 2 aromatic heterocycles. The van der Waals surface area contributed by atoms with E-state index in [2.05, 4.69) is 15.6 Å². The van der Waals surface area contributed by atoms with E-state index in [-0.39, 0.29) is 17.4 Å². The fourth-order valence-corrected chi connectivity index (χ4v) is 3.92. The third kappa shape index (κ3) is 3.96. The maximum atomic E-state index is 12.5. The molecule has 7 nitrogen and oxygen atoms in total. The Morgan fingerprint density at radius 3 is 2.62 bits per heavy atom. The Balaban J connectivity index is 2.13. The van der Waals surface area contributed by atoms with Crippen molar-refractivity contribution in [2.45, 2.75) is 38.9 Å². The Labute approximate surface area is 147 Å². The van der Waals surface area contributed by atoms with Crippen molar-refractivity contribution < 1.29 is 9.59 Å². The molecule has 0 aromatic carbocycles. The first kappa shape index (κ1) is 18.5. The van der Waals surface area contributed by atoms with E-state index in [1.807, 2.05) is 13.8 Å². The van der Waals surface area contributed by atoms with Gasteiger partial charge in [-0.2, -0.15) is 0 Å². The standard InChI is InChI=1S/C15H20N4O3S2/c1-7(2)16-14(22)17-10(20)6-23-15-18-12-11(13(21)19(15)5)8(3)9(4)24-12/h7H,6H2,1-5H3,(H2,16,17,20,22). The number of nitrogens with zero attached hydrogens (tertiary/aromatic N) is 2. The molecule has 0 saturated heterocycles. The third-order valence-corrected chi connectivity index (χ3v) is 5.51. The van der Waals surface area contributed by atoms with Gasteiger partial charge in [-0.15, -0.1) is 11.3 Å². The number of aryl methyl sites for hydroxylation is 2. The number of hydrogen-bond donors (Lipinski definition) is 2. The maximum absolute atomic E-state index is 12.5. The molecule has 130 valence electrons. The van der Waals surface area contributed by atoms with Crippen molar-refractivity contribution in [3.8, 4) is 0 Å². The lowest BCUT2D eigenvalue weighted by Crippen LogP contribution is -2.43. The van der Waals surface area contributed by atoms with Gasteiger partial charge in [-0.05, 0) is 33.3 Å². The second-order valence-corrected chi connectivity index (χ2v) is 7.83. The molecule has 2 N–H and O–H groups in total. The lowest BCUT2D eigenvalue weighted by Gasteiger charge is -2.10. The van der Waals surface area contributed by atoms with Crippen LogP contribution in [0.15, 0.2) is 9.95 Å². The van der Waals surface area contributed by atoms with Crippen LogP contribution in [-0.2, 0) is 11.8 Å². The lowest BCUT2D eigenvalue weighted by molar-refractivity contribution is -0.117. The number of aromatic nitrogens is 2. The summed E-state index contributed by atoms with van der Waals surface area (Å²) < 4.78 is 1.44. The summed E-state index contributed by atoms with van der Waals surface area (Å²) in [6, 6.07) is -0.585. The second kappa shape index (κ2) is 7.35. The lowest BCUT2D eigenvalue weighted by atomic mass is 10.2. The quantitative estimate of drug-likeness (QED) is 0.635. The fraction of sp³-hybridized carbons (Fsp3) is 0.467. The summed E-state index contributed by atoms with van der Waals surface area (Å²) in [5, 5.41) is 5.90. The van der Waals surface area contributed by atoms with E-state index in [1.165, 1.54) is 15.9 Å². The highest BCUT2D eigenvalue weighted by Crippen LogP contribution is 2.27. The van der Waals surface area contributed by atoms with Gasteiger partial charge < -0.3 is 5.32 Å². The molecular formula is C15H20N4O3S2. The molecule has 2 rings (SSSR count). The second-order valence-electron chi connectivity index (χ2n) is 5.69. The van der Waals surface area contributed by atoms with E-state index in [0.29, 0.717) is 15.4 Å². The van der Waals surface area contributed by atoms with Crippen molar-refractivity contribution in [3.05, 3.63) is 20.8 Å². The molecule has 3 amide bonds. The van der Waals surface area contributed by atoms with Crippen LogP contribution in [0.4, 0.5) is 4.79 Å². The summed E-state index contributed by atoms with van der Waals surface area (Å²) in [5.41, 5.74) is 0.824. The molecule has 24 heavy (non-hydrogen) atoms. The van der Waals surface area contributed by atoms with Crippen molar-refractivity contribution in [2.75, 3.05) is 5.75 Å². The minimum atomic E-state index is -0.530. The summed E-state index contributed by atoms with van der Waals surface area (Å²) >= 11 is 2.59. The van der Waals surface area contributed by atoms with Crippen LogP contribution < -0.4 is 16.2 Å². The predicted molar refractivity (Wildman–Crippen MR) is 96.9 cm³/mol. The Bertz CT molecular complexity index is 855. The minimum Gasteiger partial charge on any atom is -0.336 e. The number of imide groups is 1. The number of amides is 3. The number of thiophene rings is 1. The summed E-state index contributed by atoms with van der Waals surface area (Å²) in [6.45, 7) is 7.47. The van der Waals surface area contributed by atoms with Crippen LogP contribution >= 0.6 is 23.1 Å². The molecular weight excluding hydrogens is 348 g/mol. The zero-order valence-electron chi connectivity index (χ0n) is 14.2. The van der Waals surface area contributed by atoms with Crippen molar-refractivity contribution in [2.24, 2.45) is 7.05 Å². The number of thioether (sulfide) groups is 1. The summed E-state index contributed by atoms with van der Waals surface area (Å²) in [6.07, 6.45) is 0. The largest absolute Gasteiger partial charge is 0.336 e. The van der Waals surface area contributed by atoms with Gasteiger partial charge >= 0.3 is 6.03 Å². The number of carbonyl (C=O) groups excluding carboxylic acids is 2. The van der Waals surface area contributed by atoms with Gasteiger partial charge in [0, 0.05) is 18.0 Å². The van der Waals surface area contributed by atoms with E-state index >= 15 is 0 Å². The van der Waals surface area contributed by atoms with Crippen LogP contribution in [0.1, 0.15) is 24.3 Å². The molecule has 0 fully saturated rings. The maximum Gasteiger partial charge on any atom is 0.321 e. The Hall–Kier alpha value is -1.87. The summed E-state index contributed by atoms with van der Waals surface area (Å²) in [4.78, 5) is 42.0. The Morgan fingerprint density at radius 1 is 1.33 bits per heavy atom. The van der Waals surface area contributed by atoms with Crippen LogP contribution in [0.5, 0.6) is 0 Å². The molecule has 9 heteroatoms. The van der Waals surface area contributed by atoms with E-state index < -0.39 is 11.9 Å². The first-order valence-corrected chi connectivity index (χ1v) is 9.20. The molecule has 0 aliphatic carbocycles. The van der Waals surface area contributed by atoms with Gasteiger partial charge in [-0.3, -0.25) is 19.5 Å². The first-order chi connectivity index (χ1) is 11.2. The third-order valence-electron chi connectivity index (χ3n) is 3.37. The number of hydrogen-bond acceptors (Lipinski definition) is 6. The van der Waals surface area contributed by atoms with Crippen molar-refractivity contribution in [1.29, 1.82) is 0 Å². The van der Waals surface area contributed by atoms with Crippen LogP contribution in [0.3, 0.4) is 0 Å². The van der Waals surface area contributed by atoms with Gasteiger partial charge in [-0.25, -0.2) is 9.78 Å². The minimum absolute atomic E-state index is 0.000636. The topological polar surface area (TPSA) is 93.1 Å². The average molecular weight is 368 g/mol. The Morgan fingerprint density at radius 2 is 2.00 bits per heavy atom. The smallest absolute Gasteiger partial charge is 0.321 e. The van der Waals surface area contributed by atoms with Gasteiger partial charge in [0.1, 0.15) is 4.83 Å². The molecule has 0 bridgehead atoms. The van der Waals surface area contributed by atoms with Crippen LogP contribution in [0, 0.1) is 13.8 Å². The highest BCUT2D eigenvalue weighted by atomic mass is 32.2. The molecule has 0 aliphatic rings. The summed E-state index contributed by atoms with van der Waals surface area (Å²) in [5.74, 6) is -0.438. The molecule has 2 aromatic rings. The molecule has 0 radical (unpaired) electrons. The first-order valence-electron chi connectivity index (χ1n) is 7.40. The van der Waals surface area contributed by atoms with Crippen LogP contribution in [-0.4, -0.2) is 33.3 Å². The van der Waals surface area contributed by atoms with E-state index in [1.54, 1.807) is 20.9 Å². The van der Waals surface area contributed by atoms with E-state index in [0.717, 1.165) is 22.2 Å². The van der Waals surface area contributed by atoms with E-state index in [9.17, 15) is 14.4 Å². The van der Waals surface area contributed by atoms with Crippen molar-refractivity contribution in [3.63, 3.8) is 0 Å². The zero-order valence-corrected chi connectivity index (χ0v) is 15.9. The highest BCUT2D eigenvalue weighted by Gasteiger charge is 2.16. The molecule has 0 spiro atoms. The van der Waals surface area contributed by atoms with Gasteiger partial charge in [-0.1, -0.05) is 11.8 Å². The SMILES string of the molecule is Cc1sc2nc(SCC(=O)NC(=O)NC(C)C)n(C)c(=O)c2c1C. The number of carbonyl (C=O) groups is 2. The predicted octanol–water partition coefficient (Wildman–Crippen LogP) is 1.94. The number of nitrogens with one attached hydrogen (secondary N) is 2. The van der Waals surface area contributed by atoms with Crippen molar-refractivity contribution >= 4 is 45.3 Å². The molecule has 0 aliphatic heterocycles. The van der Waals surface area contributed by atoms with Crippen LogP contribution in [0.2, 0.25) is 0 Å².